The second kappa shape index (κ2) is 7.80. The van der Waals surface area contributed by atoms with Gasteiger partial charge in [0.15, 0.2) is 0 Å². The van der Waals surface area contributed by atoms with Crippen LogP contribution in [0.3, 0.4) is 0 Å². The molecule has 0 amide bonds. The minimum Gasteiger partial charge on any atom is -0.464 e. The van der Waals surface area contributed by atoms with Crippen molar-refractivity contribution in [2.75, 3.05) is 6.61 Å². The van der Waals surface area contributed by atoms with Crippen LogP contribution in [0.4, 0.5) is 5.69 Å². The minimum atomic E-state index is -0.485. The van der Waals surface area contributed by atoms with E-state index in [0.717, 1.165) is 24.0 Å². The molecule has 3 rings (SSSR count). The van der Waals surface area contributed by atoms with Gasteiger partial charge in [0.1, 0.15) is 12.4 Å². The van der Waals surface area contributed by atoms with Gasteiger partial charge >= 0.3 is 11.9 Å². The lowest BCUT2D eigenvalue weighted by atomic mass is 9.94. The zero-order valence-corrected chi connectivity index (χ0v) is 15.8. The summed E-state index contributed by atoms with van der Waals surface area (Å²) in [4.78, 5) is 33.8. The number of esters is 2. The molecule has 0 spiro atoms. The van der Waals surface area contributed by atoms with Gasteiger partial charge in [-0.25, -0.2) is 0 Å². The standard InChI is InChI=1S/C21H21NO6/c1-14-3-8-18(19(11-14)28-15(2)23)21(9-10-21)13-27-20(24)12-16-4-6-17(7-5-16)22(25)26/h3-8,11H,9-10,12-13H2,1-2H3. The quantitative estimate of drug-likeness (QED) is 0.313. The molecule has 1 fully saturated rings. The highest BCUT2D eigenvalue weighted by molar-refractivity contribution is 5.73. The summed E-state index contributed by atoms with van der Waals surface area (Å²) >= 11 is 0. The molecule has 2 aromatic rings. The molecule has 1 saturated carbocycles. The van der Waals surface area contributed by atoms with Crippen molar-refractivity contribution in [2.24, 2.45) is 0 Å². The van der Waals surface area contributed by atoms with E-state index in [1.165, 1.54) is 19.1 Å². The number of rotatable bonds is 7. The first-order valence-electron chi connectivity index (χ1n) is 8.98. The van der Waals surface area contributed by atoms with Crippen LogP contribution in [0.15, 0.2) is 42.5 Å². The third-order valence-corrected chi connectivity index (χ3v) is 4.82. The molecule has 28 heavy (non-hydrogen) atoms. The fourth-order valence-electron chi connectivity index (χ4n) is 3.12. The number of hydrogen-bond acceptors (Lipinski definition) is 6. The van der Waals surface area contributed by atoms with E-state index in [1.807, 2.05) is 25.1 Å². The fraction of sp³-hybridized carbons (Fsp3) is 0.333. The van der Waals surface area contributed by atoms with E-state index in [-0.39, 0.29) is 24.1 Å². The smallest absolute Gasteiger partial charge is 0.310 e. The highest BCUT2D eigenvalue weighted by Gasteiger charge is 2.47. The summed E-state index contributed by atoms with van der Waals surface area (Å²) in [6.45, 7) is 3.48. The first kappa shape index (κ1) is 19.5. The Morgan fingerprint density at radius 2 is 1.82 bits per heavy atom. The molecule has 1 aliphatic rings. The average Bonchev–Trinajstić information content (AvgIpc) is 3.41. The molecule has 0 heterocycles. The Morgan fingerprint density at radius 3 is 2.39 bits per heavy atom. The van der Waals surface area contributed by atoms with Crippen molar-refractivity contribution in [2.45, 2.75) is 38.5 Å². The van der Waals surface area contributed by atoms with Crippen molar-refractivity contribution in [1.29, 1.82) is 0 Å². The van der Waals surface area contributed by atoms with E-state index in [4.69, 9.17) is 9.47 Å². The van der Waals surface area contributed by atoms with Crippen LogP contribution in [0, 0.1) is 17.0 Å². The Hall–Kier alpha value is -3.22. The summed E-state index contributed by atoms with van der Waals surface area (Å²) < 4.78 is 10.8. The molecule has 0 unspecified atom stereocenters. The summed E-state index contributed by atoms with van der Waals surface area (Å²) in [5.74, 6) is -0.282. The number of nitrogens with zero attached hydrogens (tertiary/aromatic N) is 1. The van der Waals surface area contributed by atoms with E-state index in [2.05, 4.69) is 0 Å². The molecule has 1 aliphatic carbocycles. The number of carbonyl (C=O) groups is 2. The van der Waals surface area contributed by atoms with Crippen molar-refractivity contribution in [1.82, 2.24) is 0 Å². The van der Waals surface area contributed by atoms with Crippen molar-refractivity contribution in [3.05, 3.63) is 69.3 Å². The van der Waals surface area contributed by atoms with Crippen molar-refractivity contribution in [3.8, 4) is 5.75 Å². The van der Waals surface area contributed by atoms with E-state index in [9.17, 15) is 19.7 Å². The maximum atomic E-state index is 12.2. The summed E-state index contributed by atoms with van der Waals surface area (Å²) in [6.07, 6.45) is 1.73. The largest absolute Gasteiger partial charge is 0.464 e. The first-order valence-corrected chi connectivity index (χ1v) is 8.98. The van der Waals surface area contributed by atoms with Gasteiger partial charge in [-0.3, -0.25) is 19.7 Å². The monoisotopic (exact) mass is 383 g/mol. The van der Waals surface area contributed by atoms with Crippen molar-refractivity contribution >= 4 is 17.6 Å². The van der Waals surface area contributed by atoms with Crippen LogP contribution >= 0.6 is 0 Å². The second-order valence-electron chi connectivity index (χ2n) is 7.13. The van der Waals surface area contributed by atoms with Crippen LogP contribution in [0.25, 0.3) is 0 Å². The predicted octanol–water partition coefficient (Wildman–Crippen LogP) is 3.65. The Morgan fingerprint density at radius 1 is 1.14 bits per heavy atom. The molecular formula is C21H21NO6. The summed E-state index contributed by atoms with van der Waals surface area (Å²) in [7, 11) is 0. The normalized spacial score (nSPS) is 14.2. The molecule has 0 N–H and O–H groups in total. The topological polar surface area (TPSA) is 95.7 Å². The maximum absolute atomic E-state index is 12.2. The summed E-state index contributed by atoms with van der Waals surface area (Å²) in [5.41, 5.74) is 2.15. The molecule has 146 valence electrons. The van der Waals surface area contributed by atoms with Gasteiger partial charge in [-0.05, 0) is 37.0 Å². The first-order chi connectivity index (χ1) is 13.3. The number of carbonyl (C=O) groups excluding carboxylic acids is 2. The van der Waals surface area contributed by atoms with Gasteiger partial charge in [0, 0.05) is 30.0 Å². The van der Waals surface area contributed by atoms with Crippen LogP contribution in [0.2, 0.25) is 0 Å². The third kappa shape index (κ3) is 4.54. The number of nitro groups is 1. The number of nitro benzene ring substituents is 1. The number of non-ortho nitro benzene ring substituents is 1. The van der Waals surface area contributed by atoms with Crippen LogP contribution in [-0.2, 0) is 26.2 Å². The Kier molecular flexibility index (Phi) is 5.44. The van der Waals surface area contributed by atoms with Gasteiger partial charge in [0.25, 0.3) is 5.69 Å². The SMILES string of the molecule is CC(=O)Oc1cc(C)ccc1C1(COC(=O)Cc2ccc([N+](=O)[O-])cc2)CC1. The Balaban J connectivity index is 1.65. The lowest BCUT2D eigenvalue weighted by Crippen LogP contribution is -2.21. The van der Waals surface area contributed by atoms with Gasteiger partial charge in [-0.2, -0.15) is 0 Å². The molecular weight excluding hydrogens is 362 g/mol. The van der Waals surface area contributed by atoms with E-state index in [0.29, 0.717) is 11.3 Å². The van der Waals surface area contributed by atoms with Crippen LogP contribution < -0.4 is 4.74 Å². The molecule has 7 nitrogen and oxygen atoms in total. The zero-order valence-electron chi connectivity index (χ0n) is 15.8. The van der Waals surface area contributed by atoms with Gasteiger partial charge in [-0.15, -0.1) is 0 Å². The van der Waals surface area contributed by atoms with E-state index >= 15 is 0 Å². The Bertz CT molecular complexity index is 915. The van der Waals surface area contributed by atoms with Crippen LogP contribution in [0.5, 0.6) is 5.75 Å². The molecule has 0 aromatic heterocycles. The van der Waals surface area contributed by atoms with Crippen LogP contribution in [-0.4, -0.2) is 23.5 Å². The minimum absolute atomic E-state index is 0.0218. The zero-order chi connectivity index (χ0) is 20.3. The van der Waals surface area contributed by atoms with Crippen molar-refractivity contribution in [3.63, 3.8) is 0 Å². The summed E-state index contributed by atoms with van der Waals surface area (Å²) in [6, 6.07) is 11.5. The highest BCUT2D eigenvalue weighted by Crippen LogP contribution is 2.51. The lowest BCUT2D eigenvalue weighted by molar-refractivity contribution is -0.384. The second-order valence-corrected chi connectivity index (χ2v) is 7.13. The van der Waals surface area contributed by atoms with E-state index in [1.54, 1.807) is 12.1 Å². The number of hydrogen-bond donors (Lipinski definition) is 0. The van der Waals surface area contributed by atoms with Crippen molar-refractivity contribution < 1.29 is 24.0 Å². The molecule has 2 aromatic carbocycles. The van der Waals surface area contributed by atoms with Gasteiger partial charge in [-0.1, -0.05) is 24.3 Å². The number of benzene rings is 2. The molecule has 0 saturated heterocycles. The maximum Gasteiger partial charge on any atom is 0.310 e. The molecule has 0 aliphatic heterocycles. The van der Waals surface area contributed by atoms with Gasteiger partial charge in [0.2, 0.25) is 0 Å². The fourth-order valence-corrected chi connectivity index (χ4v) is 3.12. The summed E-state index contributed by atoms with van der Waals surface area (Å²) in [5, 5.41) is 10.7. The third-order valence-electron chi connectivity index (χ3n) is 4.82. The highest BCUT2D eigenvalue weighted by atomic mass is 16.6. The number of ether oxygens (including phenoxy) is 2. The molecule has 0 atom stereocenters. The number of aryl methyl sites for hydroxylation is 1. The average molecular weight is 383 g/mol. The van der Waals surface area contributed by atoms with Gasteiger partial charge < -0.3 is 9.47 Å². The van der Waals surface area contributed by atoms with Crippen LogP contribution in [0.1, 0.15) is 36.5 Å². The van der Waals surface area contributed by atoms with Gasteiger partial charge in [0.05, 0.1) is 11.3 Å². The molecule has 0 radical (unpaired) electrons. The van der Waals surface area contributed by atoms with E-state index < -0.39 is 16.9 Å². The predicted molar refractivity (Wildman–Crippen MR) is 101 cm³/mol. The molecule has 7 heteroatoms. The lowest BCUT2D eigenvalue weighted by Gasteiger charge is -2.19. The molecule has 0 bridgehead atoms. The Labute approximate surface area is 162 Å².